The first-order chi connectivity index (χ1) is 6.65. The smallest absolute Gasteiger partial charge is 0.226 e. The van der Waals surface area contributed by atoms with Crippen LogP contribution in [-0.4, -0.2) is 44.2 Å². The van der Waals surface area contributed by atoms with Gasteiger partial charge in [0.25, 0.3) is 0 Å². The van der Waals surface area contributed by atoms with E-state index in [-0.39, 0.29) is 11.8 Å². The highest BCUT2D eigenvalue weighted by Gasteiger charge is 2.22. The highest BCUT2D eigenvalue weighted by molar-refractivity contribution is 5.78. The molecule has 1 saturated heterocycles. The van der Waals surface area contributed by atoms with Gasteiger partial charge in [-0.2, -0.15) is 0 Å². The largest absolute Gasteiger partial charge is 0.381 e. The van der Waals surface area contributed by atoms with E-state index in [2.05, 4.69) is 0 Å². The number of hydrogen-bond acceptors (Lipinski definition) is 3. The highest BCUT2D eigenvalue weighted by atomic mass is 16.5. The number of nitrogens with zero attached hydrogens (tertiary/aromatic N) is 1. The van der Waals surface area contributed by atoms with E-state index in [0.717, 1.165) is 26.2 Å². The Morgan fingerprint density at radius 2 is 2.43 bits per heavy atom. The lowest BCUT2D eigenvalue weighted by Gasteiger charge is -2.23. The molecule has 0 aromatic carbocycles. The second-order valence-electron chi connectivity index (χ2n) is 4.09. The molecule has 1 heterocycles. The molecule has 1 aliphatic rings. The molecule has 2 unspecified atom stereocenters. The van der Waals surface area contributed by atoms with Gasteiger partial charge in [-0.25, -0.2) is 0 Å². The molecule has 0 aromatic heterocycles. The number of carbonyl (C=O) groups excluding carboxylic acids is 1. The fourth-order valence-electron chi connectivity index (χ4n) is 1.68. The topological polar surface area (TPSA) is 55.6 Å². The van der Waals surface area contributed by atoms with Crippen molar-refractivity contribution in [2.45, 2.75) is 13.3 Å². The molecule has 0 radical (unpaired) electrons. The Bertz CT molecular complexity index is 191. The molecule has 82 valence electrons. The van der Waals surface area contributed by atoms with Gasteiger partial charge in [0.2, 0.25) is 5.91 Å². The summed E-state index contributed by atoms with van der Waals surface area (Å²) in [6.07, 6.45) is 1.06. The van der Waals surface area contributed by atoms with Crippen LogP contribution in [0, 0.1) is 11.8 Å². The van der Waals surface area contributed by atoms with Crippen molar-refractivity contribution in [2.24, 2.45) is 17.6 Å². The van der Waals surface area contributed by atoms with E-state index in [0.29, 0.717) is 12.5 Å². The van der Waals surface area contributed by atoms with Crippen LogP contribution in [0.5, 0.6) is 0 Å². The Kier molecular flexibility index (Phi) is 4.35. The second kappa shape index (κ2) is 5.32. The maximum absolute atomic E-state index is 11.7. The van der Waals surface area contributed by atoms with Gasteiger partial charge in [-0.05, 0) is 6.42 Å². The van der Waals surface area contributed by atoms with Gasteiger partial charge in [0.15, 0.2) is 0 Å². The standard InChI is InChI=1S/C10H20N2O2/c1-8(5-11)10(13)12(2)6-9-3-4-14-7-9/h8-9H,3-7,11H2,1-2H3. The third-order valence-corrected chi connectivity index (χ3v) is 2.71. The summed E-state index contributed by atoms with van der Waals surface area (Å²) in [7, 11) is 1.84. The van der Waals surface area contributed by atoms with Gasteiger partial charge in [-0.15, -0.1) is 0 Å². The number of ether oxygens (including phenoxy) is 1. The maximum atomic E-state index is 11.7. The zero-order valence-corrected chi connectivity index (χ0v) is 9.03. The number of amides is 1. The molecule has 0 spiro atoms. The van der Waals surface area contributed by atoms with Crippen molar-refractivity contribution in [3.8, 4) is 0 Å². The van der Waals surface area contributed by atoms with Crippen molar-refractivity contribution >= 4 is 5.91 Å². The number of hydrogen-bond donors (Lipinski definition) is 1. The fraction of sp³-hybridized carbons (Fsp3) is 0.900. The Morgan fingerprint density at radius 1 is 1.71 bits per heavy atom. The molecular formula is C10H20N2O2. The second-order valence-corrected chi connectivity index (χ2v) is 4.09. The fourth-order valence-corrected chi connectivity index (χ4v) is 1.68. The van der Waals surface area contributed by atoms with Crippen molar-refractivity contribution in [1.29, 1.82) is 0 Å². The summed E-state index contributed by atoms with van der Waals surface area (Å²) in [4.78, 5) is 13.4. The summed E-state index contributed by atoms with van der Waals surface area (Å²) in [6.45, 7) is 4.70. The summed E-state index contributed by atoms with van der Waals surface area (Å²) in [5.41, 5.74) is 5.45. The van der Waals surface area contributed by atoms with Crippen LogP contribution in [0.4, 0.5) is 0 Å². The molecular weight excluding hydrogens is 180 g/mol. The summed E-state index contributed by atoms with van der Waals surface area (Å²) in [5.74, 6) is 0.579. The van der Waals surface area contributed by atoms with Crippen molar-refractivity contribution < 1.29 is 9.53 Å². The quantitative estimate of drug-likeness (QED) is 0.699. The molecule has 4 nitrogen and oxygen atoms in total. The average Bonchev–Trinajstić information content (AvgIpc) is 2.68. The molecule has 1 rings (SSSR count). The molecule has 1 amide bonds. The highest BCUT2D eigenvalue weighted by Crippen LogP contribution is 2.14. The van der Waals surface area contributed by atoms with Crippen LogP contribution in [0.2, 0.25) is 0 Å². The van der Waals surface area contributed by atoms with Crippen LogP contribution in [0.3, 0.4) is 0 Å². The molecule has 1 aliphatic heterocycles. The van der Waals surface area contributed by atoms with Crippen LogP contribution in [-0.2, 0) is 9.53 Å². The molecule has 0 aromatic rings. The third kappa shape index (κ3) is 2.96. The van der Waals surface area contributed by atoms with E-state index in [1.54, 1.807) is 4.90 Å². The van der Waals surface area contributed by atoms with Crippen molar-refractivity contribution in [2.75, 3.05) is 33.4 Å². The monoisotopic (exact) mass is 200 g/mol. The van der Waals surface area contributed by atoms with Gasteiger partial charge < -0.3 is 15.4 Å². The van der Waals surface area contributed by atoms with Crippen molar-refractivity contribution in [1.82, 2.24) is 4.90 Å². The maximum Gasteiger partial charge on any atom is 0.226 e. The van der Waals surface area contributed by atoms with Crippen LogP contribution in [0.15, 0.2) is 0 Å². The number of nitrogens with two attached hydrogens (primary N) is 1. The van der Waals surface area contributed by atoms with Crippen LogP contribution >= 0.6 is 0 Å². The van der Waals surface area contributed by atoms with Gasteiger partial charge in [0.05, 0.1) is 6.61 Å². The first kappa shape index (κ1) is 11.5. The van der Waals surface area contributed by atoms with Crippen molar-refractivity contribution in [3.63, 3.8) is 0 Å². The average molecular weight is 200 g/mol. The Balaban J connectivity index is 2.32. The predicted octanol–water partition coefficient (Wildman–Crippen LogP) is 0.0761. The SMILES string of the molecule is CC(CN)C(=O)N(C)CC1CCOC1. The summed E-state index contributed by atoms with van der Waals surface area (Å²) >= 11 is 0. The van der Waals surface area contributed by atoms with Gasteiger partial charge in [0, 0.05) is 38.6 Å². The van der Waals surface area contributed by atoms with Crippen LogP contribution < -0.4 is 5.73 Å². The van der Waals surface area contributed by atoms with Gasteiger partial charge in [-0.3, -0.25) is 4.79 Å². The number of rotatable bonds is 4. The predicted molar refractivity (Wildman–Crippen MR) is 54.8 cm³/mol. The first-order valence-electron chi connectivity index (χ1n) is 5.18. The van der Waals surface area contributed by atoms with E-state index in [1.807, 2.05) is 14.0 Å². The number of carbonyl (C=O) groups is 1. The third-order valence-electron chi connectivity index (χ3n) is 2.71. The molecule has 0 saturated carbocycles. The molecule has 14 heavy (non-hydrogen) atoms. The molecule has 0 aliphatic carbocycles. The van der Waals surface area contributed by atoms with Gasteiger partial charge >= 0.3 is 0 Å². The molecule has 2 N–H and O–H groups in total. The summed E-state index contributed by atoms with van der Waals surface area (Å²) < 4.78 is 5.26. The summed E-state index contributed by atoms with van der Waals surface area (Å²) in [5, 5.41) is 0. The minimum Gasteiger partial charge on any atom is -0.381 e. The molecule has 0 bridgehead atoms. The lowest BCUT2D eigenvalue weighted by Crippen LogP contribution is -2.38. The molecule has 1 fully saturated rings. The van der Waals surface area contributed by atoms with Crippen LogP contribution in [0.1, 0.15) is 13.3 Å². The van der Waals surface area contributed by atoms with E-state index < -0.39 is 0 Å². The molecule has 2 atom stereocenters. The van der Waals surface area contributed by atoms with E-state index in [1.165, 1.54) is 0 Å². The Morgan fingerprint density at radius 3 is 2.93 bits per heavy atom. The first-order valence-corrected chi connectivity index (χ1v) is 5.18. The van der Waals surface area contributed by atoms with Gasteiger partial charge in [0.1, 0.15) is 0 Å². The van der Waals surface area contributed by atoms with E-state index in [9.17, 15) is 4.79 Å². The lowest BCUT2D eigenvalue weighted by atomic mass is 10.1. The normalized spacial score (nSPS) is 23.5. The van der Waals surface area contributed by atoms with Crippen LogP contribution in [0.25, 0.3) is 0 Å². The zero-order chi connectivity index (χ0) is 10.6. The minimum absolute atomic E-state index is 0.0673. The Labute approximate surface area is 85.4 Å². The Hall–Kier alpha value is -0.610. The van der Waals surface area contributed by atoms with E-state index in [4.69, 9.17) is 10.5 Å². The van der Waals surface area contributed by atoms with Crippen molar-refractivity contribution in [3.05, 3.63) is 0 Å². The lowest BCUT2D eigenvalue weighted by molar-refractivity contribution is -0.133. The van der Waals surface area contributed by atoms with E-state index >= 15 is 0 Å². The van der Waals surface area contributed by atoms with Gasteiger partial charge in [-0.1, -0.05) is 6.92 Å². The minimum atomic E-state index is -0.0673. The molecule has 4 heteroatoms. The summed E-state index contributed by atoms with van der Waals surface area (Å²) in [6, 6.07) is 0. The zero-order valence-electron chi connectivity index (χ0n) is 9.03.